The maximum Gasteiger partial charge on any atom is 0.272 e. The first kappa shape index (κ1) is 14.6. The fourth-order valence-electron chi connectivity index (χ4n) is 4.29. The Morgan fingerprint density at radius 3 is 2.96 bits per heavy atom. The zero-order valence-corrected chi connectivity index (χ0v) is 13.4. The summed E-state index contributed by atoms with van der Waals surface area (Å²) in [6.07, 6.45) is 3.55. The van der Waals surface area contributed by atoms with Gasteiger partial charge in [0.15, 0.2) is 0 Å². The van der Waals surface area contributed by atoms with Crippen LogP contribution < -0.4 is 10.9 Å². The number of aromatic amines is 1. The van der Waals surface area contributed by atoms with Gasteiger partial charge < -0.3 is 10.2 Å². The van der Waals surface area contributed by atoms with Crippen molar-refractivity contribution in [3.63, 3.8) is 0 Å². The SMILES string of the molecule is C[C@H]1Nc2cc(F)cc3c(=O)[nH]nc(c23)[C@@H]1[C@H]1CCCCN1C. The van der Waals surface area contributed by atoms with Gasteiger partial charge in [-0.15, -0.1) is 0 Å². The van der Waals surface area contributed by atoms with Crippen molar-refractivity contribution in [2.75, 3.05) is 18.9 Å². The van der Waals surface area contributed by atoms with Gasteiger partial charge in [0, 0.05) is 29.1 Å². The molecule has 1 fully saturated rings. The zero-order chi connectivity index (χ0) is 16.1. The number of halogens is 1. The lowest BCUT2D eigenvalue weighted by atomic mass is 9.80. The molecule has 2 aliphatic heterocycles. The normalized spacial score (nSPS) is 27.9. The van der Waals surface area contributed by atoms with Crippen molar-refractivity contribution in [3.8, 4) is 0 Å². The average Bonchev–Trinajstić information content (AvgIpc) is 2.51. The lowest BCUT2D eigenvalue weighted by Gasteiger charge is -2.43. The number of aromatic nitrogens is 2. The van der Waals surface area contributed by atoms with Crippen LogP contribution in [0.3, 0.4) is 0 Å². The molecule has 6 heteroatoms. The van der Waals surface area contributed by atoms with E-state index in [4.69, 9.17) is 0 Å². The molecule has 0 bridgehead atoms. The molecule has 3 heterocycles. The molecule has 0 radical (unpaired) electrons. The highest BCUT2D eigenvalue weighted by Gasteiger charge is 2.38. The molecule has 0 aliphatic carbocycles. The maximum absolute atomic E-state index is 13.8. The zero-order valence-electron chi connectivity index (χ0n) is 13.4. The summed E-state index contributed by atoms with van der Waals surface area (Å²) in [7, 11) is 2.15. The molecular formula is C17H21FN4O. The molecular weight excluding hydrogens is 295 g/mol. The van der Waals surface area contributed by atoms with Crippen LogP contribution in [0, 0.1) is 5.82 Å². The van der Waals surface area contributed by atoms with Crippen LogP contribution >= 0.6 is 0 Å². The van der Waals surface area contributed by atoms with Gasteiger partial charge in [0.1, 0.15) is 5.82 Å². The highest BCUT2D eigenvalue weighted by Crippen LogP contribution is 2.41. The molecule has 0 saturated carbocycles. The van der Waals surface area contributed by atoms with Crippen molar-refractivity contribution in [2.45, 2.75) is 44.2 Å². The number of likely N-dealkylation sites (tertiary alicyclic amines) is 1. The van der Waals surface area contributed by atoms with Crippen LogP contribution in [0.1, 0.15) is 37.8 Å². The third-order valence-corrected chi connectivity index (χ3v) is 5.36. The van der Waals surface area contributed by atoms with Crippen molar-refractivity contribution in [1.82, 2.24) is 15.1 Å². The number of likely N-dealkylation sites (N-methyl/N-ethyl adjacent to an activating group) is 1. The van der Waals surface area contributed by atoms with Crippen LogP contribution in [0.15, 0.2) is 16.9 Å². The van der Waals surface area contributed by atoms with E-state index >= 15 is 0 Å². The molecule has 2 aromatic rings. The Labute approximate surface area is 133 Å². The molecule has 5 nitrogen and oxygen atoms in total. The second-order valence-electron chi connectivity index (χ2n) is 6.82. The highest BCUT2D eigenvalue weighted by molar-refractivity contribution is 5.97. The molecule has 122 valence electrons. The van der Waals surface area contributed by atoms with Gasteiger partial charge in [0.05, 0.1) is 11.1 Å². The second-order valence-corrected chi connectivity index (χ2v) is 6.82. The van der Waals surface area contributed by atoms with Crippen molar-refractivity contribution in [2.24, 2.45) is 0 Å². The van der Waals surface area contributed by atoms with Gasteiger partial charge in [-0.2, -0.15) is 5.10 Å². The van der Waals surface area contributed by atoms with Crippen LogP contribution in [0.4, 0.5) is 10.1 Å². The van der Waals surface area contributed by atoms with Crippen LogP contribution in [-0.2, 0) is 0 Å². The highest BCUT2D eigenvalue weighted by atomic mass is 19.1. The van der Waals surface area contributed by atoms with Gasteiger partial charge in [0.25, 0.3) is 5.56 Å². The van der Waals surface area contributed by atoms with E-state index in [1.54, 1.807) is 0 Å². The van der Waals surface area contributed by atoms with Crippen LogP contribution in [0.2, 0.25) is 0 Å². The van der Waals surface area contributed by atoms with Crippen molar-refractivity contribution in [3.05, 3.63) is 34.0 Å². The molecule has 3 atom stereocenters. The standard InChI is InChI=1S/C17H21FN4O/c1-9-14(13-5-3-4-6-22(13)2)16-15-11(17(23)21-20-16)7-10(18)8-12(15)19-9/h7-9,13-14,19H,3-6H2,1-2H3,(H,21,23)/t9-,13-,14+/m1/s1. The third kappa shape index (κ3) is 2.24. The quantitative estimate of drug-likeness (QED) is 0.848. The van der Waals surface area contributed by atoms with E-state index in [1.807, 2.05) is 0 Å². The predicted octanol–water partition coefficient (Wildman–Crippen LogP) is 2.44. The summed E-state index contributed by atoms with van der Waals surface area (Å²) in [4.78, 5) is 14.5. The van der Waals surface area contributed by atoms with E-state index < -0.39 is 5.82 Å². The molecule has 1 saturated heterocycles. The summed E-state index contributed by atoms with van der Waals surface area (Å²) in [5, 5.41) is 11.5. The second kappa shape index (κ2) is 5.30. The van der Waals surface area contributed by atoms with Gasteiger partial charge in [-0.25, -0.2) is 9.49 Å². The van der Waals surface area contributed by atoms with Gasteiger partial charge >= 0.3 is 0 Å². The monoisotopic (exact) mass is 316 g/mol. The Kier molecular flexibility index (Phi) is 3.37. The Balaban J connectivity index is 1.93. The number of benzene rings is 1. The average molecular weight is 316 g/mol. The Bertz CT molecular complexity index is 818. The largest absolute Gasteiger partial charge is 0.381 e. The van der Waals surface area contributed by atoms with Crippen molar-refractivity contribution in [1.29, 1.82) is 0 Å². The minimum Gasteiger partial charge on any atom is -0.381 e. The summed E-state index contributed by atoms with van der Waals surface area (Å²) in [6, 6.07) is 3.29. The number of nitrogens with one attached hydrogen (secondary N) is 2. The number of nitrogens with zero attached hydrogens (tertiary/aromatic N) is 2. The van der Waals surface area contributed by atoms with E-state index in [9.17, 15) is 9.18 Å². The van der Waals surface area contributed by atoms with Crippen LogP contribution in [-0.4, -0.2) is 40.8 Å². The smallest absolute Gasteiger partial charge is 0.272 e. The molecule has 1 aromatic carbocycles. The lowest BCUT2D eigenvalue weighted by molar-refractivity contribution is 0.150. The van der Waals surface area contributed by atoms with E-state index in [0.29, 0.717) is 17.1 Å². The number of anilines is 1. The third-order valence-electron chi connectivity index (χ3n) is 5.36. The molecule has 23 heavy (non-hydrogen) atoms. The van der Waals surface area contributed by atoms with Gasteiger partial charge in [-0.3, -0.25) is 4.79 Å². The number of H-pyrrole nitrogens is 1. The first-order chi connectivity index (χ1) is 11.1. The molecule has 2 aliphatic rings. The predicted molar refractivity (Wildman–Crippen MR) is 88.4 cm³/mol. The van der Waals surface area contributed by atoms with Gasteiger partial charge in [-0.1, -0.05) is 6.42 Å². The summed E-state index contributed by atoms with van der Waals surface area (Å²) in [5.74, 6) is -0.222. The molecule has 1 aromatic heterocycles. The minimum atomic E-state index is -0.400. The van der Waals surface area contributed by atoms with E-state index in [0.717, 1.165) is 24.0 Å². The van der Waals surface area contributed by atoms with E-state index in [2.05, 4.69) is 34.4 Å². The van der Waals surface area contributed by atoms with Crippen molar-refractivity contribution >= 4 is 16.5 Å². The summed E-state index contributed by atoms with van der Waals surface area (Å²) in [5.41, 5.74) is 1.23. The molecule has 2 N–H and O–H groups in total. The fourth-order valence-corrected chi connectivity index (χ4v) is 4.29. The number of piperidine rings is 1. The summed E-state index contributed by atoms with van der Waals surface area (Å²) in [6.45, 7) is 3.19. The molecule has 0 spiro atoms. The topological polar surface area (TPSA) is 61.0 Å². The number of hydrogen-bond acceptors (Lipinski definition) is 4. The van der Waals surface area contributed by atoms with E-state index in [1.165, 1.54) is 25.0 Å². The summed E-state index contributed by atoms with van der Waals surface area (Å²) < 4.78 is 13.8. The minimum absolute atomic E-state index is 0.136. The van der Waals surface area contributed by atoms with Gasteiger partial charge in [-0.05, 0) is 45.5 Å². The first-order valence-corrected chi connectivity index (χ1v) is 8.25. The fraction of sp³-hybridized carbons (Fsp3) is 0.529. The molecule has 0 unspecified atom stereocenters. The van der Waals surface area contributed by atoms with Crippen LogP contribution in [0.5, 0.6) is 0 Å². The Morgan fingerprint density at radius 1 is 1.35 bits per heavy atom. The Morgan fingerprint density at radius 2 is 2.17 bits per heavy atom. The summed E-state index contributed by atoms with van der Waals surface area (Å²) >= 11 is 0. The molecule has 4 rings (SSSR count). The van der Waals surface area contributed by atoms with Gasteiger partial charge in [0.2, 0.25) is 0 Å². The van der Waals surface area contributed by atoms with Crippen LogP contribution in [0.25, 0.3) is 10.8 Å². The lowest BCUT2D eigenvalue weighted by Crippen LogP contribution is -2.47. The number of hydrogen-bond donors (Lipinski definition) is 2. The number of rotatable bonds is 1. The first-order valence-electron chi connectivity index (χ1n) is 8.25. The Hall–Kier alpha value is -1.95. The van der Waals surface area contributed by atoms with E-state index in [-0.39, 0.29) is 17.5 Å². The van der Waals surface area contributed by atoms with Crippen molar-refractivity contribution < 1.29 is 4.39 Å². The molecule has 0 amide bonds. The maximum atomic E-state index is 13.8.